The quantitative estimate of drug-likeness (QED) is 0.807. The summed E-state index contributed by atoms with van der Waals surface area (Å²) >= 11 is 1.38. The first kappa shape index (κ1) is 14.1. The average Bonchev–Trinajstić information content (AvgIpc) is 3.01. The standard InChI is InChI=1S/C14H17N5OS/c1-9-8-11-6-4-5-7-12(11)19(9)13(20)10(2)21-14-15-16-17-18(14)3/h4-7,9-10H,8H2,1-3H3/t9-,10+/m1/s1. The molecule has 2 aromatic rings. The van der Waals surface area contributed by atoms with Gasteiger partial charge in [-0.3, -0.25) is 4.79 Å². The Kier molecular flexibility index (Phi) is 3.67. The first-order valence-electron chi connectivity index (χ1n) is 6.88. The Balaban J connectivity index is 1.80. The minimum atomic E-state index is -0.233. The number of aryl methyl sites for hydroxylation is 1. The monoisotopic (exact) mass is 303 g/mol. The largest absolute Gasteiger partial charge is 0.308 e. The topological polar surface area (TPSA) is 63.9 Å². The van der Waals surface area contributed by atoms with Gasteiger partial charge in [-0.1, -0.05) is 30.0 Å². The van der Waals surface area contributed by atoms with Crippen molar-refractivity contribution in [2.24, 2.45) is 7.05 Å². The fourth-order valence-electron chi connectivity index (χ4n) is 2.63. The molecule has 1 aromatic carbocycles. The highest BCUT2D eigenvalue weighted by atomic mass is 32.2. The molecule has 1 aliphatic heterocycles. The Hall–Kier alpha value is -1.89. The molecule has 21 heavy (non-hydrogen) atoms. The fraction of sp³-hybridized carbons (Fsp3) is 0.429. The number of thioether (sulfide) groups is 1. The zero-order valence-electron chi connectivity index (χ0n) is 12.2. The van der Waals surface area contributed by atoms with Gasteiger partial charge in [0.2, 0.25) is 11.1 Å². The number of aromatic nitrogens is 4. The molecular formula is C14H17N5OS. The van der Waals surface area contributed by atoms with Crippen molar-refractivity contribution in [2.75, 3.05) is 4.90 Å². The Bertz CT molecular complexity index is 671. The van der Waals surface area contributed by atoms with Crippen LogP contribution in [0.15, 0.2) is 29.4 Å². The van der Waals surface area contributed by atoms with Crippen molar-refractivity contribution in [2.45, 2.75) is 36.7 Å². The normalized spacial score (nSPS) is 18.6. The van der Waals surface area contributed by atoms with Gasteiger partial charge in [-0.05, 0) is 42.3 Å². The van der Waals surface area contributed by atoms with Crippen LogP contribution in [0, 0.1) is 0 Å². The van der Waals surface area contributed by atoms with Crippen LogP contribution in [0.1, 0.15) is 19.4 Å². The summed E-state index contributed by atoms with van der Waals surface area (Å²) in [5.74, 6) is 0.0976. The van der Waals surface area contributed by atoms with Crippen molar-refractivity contribution >= 4 is 23.4 Å². The van der Waals surface area contributed by atoms with Crippen LogP contribution in [-0.2, 0) is 18.3 Å². The molecule has 1 aliphatic rings. The van der Waals surface area contributed by atoms with Crippen LogP contribution in [-0.4, -0.2) is 37.4 Å². The number of rotatable bonds is 3. The zero-order chi connectivity index (χ0) is 15.0. The van der Waals surface area contributed by atoms with Crippen LogP contribution in [0.3, 0.4) is 0 Å². The molecule has 2 heterocycles. The molecule has 6 nitrogen and oxygen atoms in total. The van der Waals surface area contributed by atoms with Gasteiger partial charge >= 0.3 is 0 Å². The van der Waals surface area contributed by atoms with Gasteiger partial charge in [-0.15, -0.1) is 5.10 Å². The van der Waals surface area contributed by atoms with Crippen LogP contribution in [0.5, 0.6) is 0 Å². The van der Waals surface area contributed by atoms with E-state index in [1.807, 2.05) is 30.0 Å². The first-order valence-corrected chi connectivity index (χ1v) is 7.76. The van der Waals surface area contributed by atoms with E-state index in [4.69, 9.17) is 0 Å². The molecule has 0 radical (unpaired) electrons. The zero-order valence-corrected chi connectivity index (χ0v) is 13.0. The number of para-hydroxylation sites is 1. The van der Waals surface area contributed by atoms with E-state index >= 15 is 0 Å². The van der Waals surface area contributed by atoms with Crippen LogP contribution in [0.2, 0.25) is 0 Å². The van der Waals surface area contributed by atoms with Crippen molar-refractivity contribution < 1.29 is 4.79 Å². The lowest BCUT2D eigenvalue weighted by atomic mass is 10.1. The Morgan fingerprint density at radius 2 is 2.19 bits per heavy atom. The summed E-state index contributed by atoms with van der Waals surface area (Å²) in [5.41, 5.74) is 2.26. The highest BCUT2D eigenvalue weighted by Gasteiger charge is 2.33. The van der Waals surface area contributed by atoms with Crippen molar-refractivity contribution in [3.8, 4) is 0 Å². The molecule has 0 saturated heterocycles. The smallest absolute Gasteiger partial charge is 0.240 e. The van der Waals surface area contributed by atoms with Gasteiger partial charge in [-0.25, -0.2) is 4.68 Å². The molecule has 0 aliphatic carbocycles. The van der Waals surface area contributed by atoms with Crippen molar-refractivity contribution in [1.29, 1.82) is 0 Å². The van der Waals surface area contributed by atoms with Gasteiger partial charge in [0.25, 0.3) is 0 Å². The second-order valence-electron chi connectivity index (χ2n) is 5.24. The predicted molar refractivity (Wildman–Crippen MR) is 81.2 cm³/mol. The maximum absolute atomic E-state index is 12.8. The third-order valence-corrected chi connectivity index (χ3v) is 4.77. The summed E-state index contributed by atoms with van der Waals surface area (Å²) < 4.78 is 1.58. The van der Waals surface area contributed by atoms with Crippen molar-refractivity contribution in [1.82, 2.24) is 20.2 Å². The predicted octanol–water partition coefficient (Wildman–Crippen LogP) is 1.67. The minimum absolute atomic E-state index is 0.0976. The van der Waals surface area contributed by atoms with E-state index in [1.54, 1.807) is 11.7 Å². The van der Waals surface area contributed by atoms with Crippen LogP contribution in [0.25, 0.3) is 0 Å². The van der Waals surface area contributed by atoms with E-state index in [1.165, 1.54) is 17.3 Å². The number of tetrazole rings is 1. The first-order chi connectivity index (χ1) is 10.1. The minimum Gasteiger partial charge on any atom is -0.308 e. The Labute approximate surface area is 127 Å². The lowest BCUT2D eigenvalue weighted by Crippen LogP contribution is -2.40. The molecule has 0 N–H and O–H groups in total. The number of hydrogen-bond acceptors (Lipinski definition) is 5. The van der Waals surface area contributed by atoms with Gasteiger partial charge in [0.15, 0.2) is 0 Å². The Morgan fingerprint density at radius 3 is 2.90 bits per heavy atom. The molecular weight excluding hydrogens is 286 g/mol. The van der Waals surface area contributed by atoms with E-state index in [-0.39, 0.29) is 17.2 Å². The second kappa shape index (κ2) is 5.48. The highest BCUT2D eigenvalue weighted by Crippen LogP contribution is 2.34. The lowest BCUT2D eigenvalue weighted by Gasteiger charge is -2.25. The summed E-state index contributed by atoms with van der Waals surface area (Å²) in [6, 6.07) is 8.28. The van der Waals surface area contributed by atoms with Crippen LogP contribution in [0.4, 0.5) is 5.69 Å². The summed E-state index contributed by atoms with van der Waals surface area (Å²) in [6.45, 7) is 3.98. The molecule has 110 valence electrons. The molecule has 0 fully saturated rings. The molecule has 0 spiro atoms. The Morgan fingerprint density at radius 1 is 1.43 bits per heavy atom. The third kappa shape index (κ3) is 2.53. The van der Waals surface area contributed by atoms with Gasteiger partial charge in [0.1, 0.15) is 0 Å². The average molecular weight is 303 g/mol. The maximum atomic E-state index is 12.8. The number of amides is 1. The van der Waals surface area contributed by atoms with Crippen molar-refractivity contribution in [3.63, 3.8) is 0 Å². The van der Waals surface area contributed by atoms with Crippen LogP contribution < -0.4 is 4.90 Å². The van der Waals surface area contributed by atoms with E-state index in [0.29, 0.717) is 5.16 Å². The van der Waals surface area contributed by atoms with E-state index in [2.05, 4.69) is 28.5 Å². The maximum Gasteiger partial charge on any atom is 0.240 e. The number of benzene rings is 1. The van der Waals surface area contributed by atoms with Crippen molar-refractivity contribution in [3.05, 3.63) is 29.8 Å². The number of carbonyl (C=O) groups is 1. The molecule has 1 aromatic heterocycles. The number of hydrogen-bond donors (Lipinski definition) is 0. The molecule has 7 heteroatoms. The lowest BCUT2D eigenvalue weighted by molar-refractivity contribution is -0.118. The van der Waals surface area contributed by atoms with Gasteiger partial charge in [-0.2, -0.15) is 0 Å². The molecule has 0 unspecified atom stereocenters. The van der Waals surface area contributed by atoms with E-state index in [0.717, 1.165) is 12.1 Å². The number of carbonyl (C=O) groups excluding carboxylic acids is 1. The molecule has 0 bridgehead atoms. The van der Waals surface area contributed by atoms with E-state index < -0.39 is 0 Å². The molecule has 0 saturated carbocycles. The van der Waals surface area contributed by atoms with E-state index in [9.17, 15) is 4.79 Å². The van der Waals surface area contributed by atoms with Crippen LogP contribution >= 0.6 is 11.8 Å². The highest BCUT2D eigenvalue weighted by molar-refractivity contribution is 8.00. The molecule has 1 amide bonds. The van der Waals surface area contributed by atoms with Gasteiger partial charge < -0.3 is 4.90 Å². The summed E-state index contributed by atoms with van der Waals surface area (Å²) in [7, 11) is 1.77. The SMILES string of the molecule is C[C@H](Sc1nnnn1C)C(=O)N1c2ccccc2C[C@H]1C. The number of fused-ring (bicyclic) bond motifs is 1. The fourth-order valence-corrected chi connectivity index (χ4v) is 3.43. The summed E-state index contributed by atoms with van der Waals surface area (Å²) in [5, 5.41) is 11.7. The molecule has 2 atom stereocenters. The number of nitrogens with zero attached hydrogens (tertiary/aromatic N) is 5. The second-order valence-corrected chi connectivity index (χ2v) is 6.54. The van der Waals surface area contributed by atoms with Gasteiger partial charge in [0, 0.05) is 18.8 Å². The van der Waals surface area contributed by atoms with Gasteiger partial charge in [0.05, 0.1) is 5.25 Å². The summed E-state index contributed by atoms with van der Waals surface area (Å²) in [6.07, 6.45) is 0.908. The summed E-state index contributed by atoms with van der Waals surface area (Å²) in [4.78, 5) is 14.7. The molecule has 3 rings (SSSR count). The third-order valence-electron chi connectivity index (χ3n) is 3.66. The number of anilines is 1.